The molecule has 1 aromatic heterocycles. The number of thiazole rings is 1. The molecular weight excluding hydrogens is 276 g/mol. The van der Waals surface area contributed by atoms with Crippen molar-refractivity contribution >= 4 is 22.9 Å². The average molecular weight is 295 g/mol. The molecule has 0 saturated carbocycles. The first-order chi connectivity index (χ1) is 9.01. The van der Waals surface area contributed by atoms with Gasteiger partial charge in [0.05, 0.1) is 10.7 Å². The van der Waals surface area contributed by atoms with E-state index in [1.54, 1.807) is 11.3 Å². The van der Waals surface area contributed by atoms with E-state index in [0.717, 1.165) is 27.7 Å². The van der Waals surface area contributed by atoms with Crippen molar-refractivity contribution in [1.82, 2.24) is 10.3 Å². The third kappa shape index (κ3) is 3.35. The van der Waals surface area contributed by atoms with Crippen molar-refractivity contribution in [2.45, 2.75) is 33.2 Å². The molecule has 0 aliphatic rings. The average Bonchev–Trinajstić information content (AvgIpc) is 2.66. The molecule has 0 amide bonds. The summed E-state index contributed by atoms with van der Waals surface area (Å²) in [7, 11) is 1.97. The molecular formula is C15H19ClN2S. The van der Waals surface area contributed by atoms with Gasteiger partial charge in [0.25, 0.3) is 0 Å². The van der Waals surface area contributed by atoms with Crippen molar-refractivity contribution in [2.75, 3.05) is 7.05 Å². The molecule has 1 aromatic carbocycles. The number of hydrogen-bond acceptors (Lipinski definition) is 3. The molecule has 4 heteroatoms. The zero-order valence-electron chi connectivity index (χ0n) is 11.7. The summed E-state index contributed by atoms with van der Waals surface area (Å²) in [6, 6.07) is 6.42. The monoisotopic (exact) mass is 294 g/mol. The Bertz CT molecular complexity index is 558. The number of rotatable bonds is 4. The van der Waals surface area contributed by atoms with Crippen molar-refractivity contribution in [1.29, 1.82) is 0 Å². The third-order valence-electron chi connectivity index (χ3n) is 3.33. The zero-order valence-corrected chi connectivity index (χ0v) is 13.3. The Morgan fingerprint density at radius 3 is 2.58 bits per heavy atom. The minimum absolute atomic E-state index is 0.207. The van der Waals surface area contributed by atoms with Gasteiger partial charge in [-0.1, -0.05) is 23.7 Å². The van der Waals surface area contributed by atoms with Crippen LogP contribution in [-0.4, -0.2) is 12.0 Å². The predicted octanol–water partition coefficient (Wildman–Crippen LogP) is 4.22. The van der Waals surface area contributed by atoms with Crippen LogP contribution in [0.2, 0.25) is 5.02 Å². The van der Waals surface area contributed by atoms with Crippen LogP contribution < -0.4 is 5.32 Å². The Labute approximate surface area is 123 Å². The van der Waals surface area contributed by atoms with Gasteiger partial charge in [-0.15, -0.1) is 11.3 Å². The van der Waals surface area contributed by atoms with Crippen LogP contribution in [-0.2, 0) is 6.42 Å². The molecule has 0 radical (unpaired) electrons. The standard InChI is InChI=1S/C15H19ClN2S/c1-9-5-6-12(13(16)7-9)14(17-4)8-15-18-10(2)11(3)19-15/h5-7,14,17H,8H2,1-4H3. The molecule has 1 heterocycles. The lowest BCUT2D eigenvalue weighted by Crippen LogP contribution is -2.19. The van der Waals surface area contributed by atoms with Gasteiger partial charge >= 0.3 is 0 Å². The minimum atomic E-state index is 0.207. The van der Waals surface area contributed by atoms with Crippen LogP contribution in [0.5, 0.6) is 0 Å². The maximum absolute atomic E-state index is 6.35. The van der Waals surface area contributed by atoms with Gasteiger partial charge in [-0.3, -0.25) is 0 Å². The van der Waals surface area contributed by atoms with Crippen molar-refractivity contribution in [2.24, 2.45) is 0 Å². The Kier molecular flexibility index (Phi) is 4.61. The van der Waals surface area contributed by atoms with Crippen LogP contribution in [0.3, 0.4) is 0 Å². The molecule has 2 nitrogen and oxygen atoms in total. The van der Waals surface area contributed by atoms with Gasteiger partial charge in [0, 0.05) is 22.4 Å². The van der Waals surface area contributed by atoms with E-state index >= 15 is 0 Å². The smallest absolute Gasteiger partial charge is 0.0949 e. The van der Waals surface area contributed by atoms with Crippen LogP contribution in [0.1, 0.15) is 32.7 Å². The highest BCUT2D eigenvalue weighted by atomic mass is 35.5. The predicted molar refractivity (Wildman–Crippen MR) is 83.3 cm³/mol. The van der Waals surface area contributed by atoms with Gasteiger partial charge in [-0.25, -0.2) is 4.98 Å². The van der Waals surface area contributed by atoms with Crippen molar-refractivity contribution in [3.63, 3.8) is 0 Å². The van der Waals surface area contributed by atoms with Gasteiger partial charge in [-0.05, 0) is 45.0 Å². The largest absolute Gasteiger partial charge is 0.313 e. The molecule has 0 saturated heterocycles. The molecule has 2 aromatic rings. The van der Waals surface area contributed by atoms with E-state index in [4.69, 9.17) is 11.6 Å². The fourth-order valence-corrected chi connectivity index (χ4v) is 3.43. The molecule has 0 spiro atoms. The van der Waals surface area contributed by atoms with Gasteiger partial charge in [0.1, 0.15) is 0 Å². The normalized spacial score (nSPS) is 12.7. The second-order valence-corrected chi connectivity index (χ2v) is 6.51. The fourth-order valence-electron chi connectivity index (χ4n) is 2.08. The highest BCUT2D eigenvalue weighted by Gasteiger charge is 2.16. The molecule has 0 fully saturated rings. The van der Waals surface area contributed by atoms with Crippen molar-refractivity contribution < 1.29 is 0 Å². The lowest BCUT2D eigenvalue weighted by atomic mass is 10.0. The van der Waals surface area contributed by atoms with E-state index in [-0.39, 0.29) is 6.04 Å². The van der Waals surface area contributed by atoms with E-state index in [0.29, 0.717) is 0 Å². The van der Waals surface area contributed by atoms with E-state index < -0.39 is 0 Å². The first-order valence-electron chi connectivity index (χ1n) is 6.37. The molecule has 0 aliphatic carbocycles. The minimum Gasteiger partial charge on any atom is -0.313 e. The summed E-state index contributed by atoms with van der Waals surface area (Å²) in [5.74, 6) is 0. The second kappa shape index (κ2) is 6.04. The zero-order chi connectivity index (χ0) is 14.0. The second-order valence-electron chi connectivity index (χ2n) is 4.82. The maximum atomic E-state index is 6.35. The molecule has 1 atom stereocenters. The quantitative estimate of drug-likeness (QED) is 0.913. The molecule has 0 aliphatic heterocycles. The van der Waals surface area contributed by atoms with Crippen molar-refractivity contribution in [3.05, 3.63) is 49.9 Å². The highest BCUT2D eigenvalue weighted by Crippen LogP contribution is 2.28. The molecule has 102 valence electrons. The van der Waals surface area contributed by atoms with Crippen molar-refractivity contribution in [3.8, 4) is 0 Å². The van der Waals surface area contributed by atoms with Crippen LogP contribution in [0, 0.1) is 20.8 Å². The Balaban J connectivity index is 2.24. The molecule has 1 unspecified atom stereocenters. The summed E-state index contributed by atoms with van der Waals surface area (Å²) in [6.45, 7) is 6.23. The Hall–Kier alpha value is -0.900. The van der Waals surface area contributed by atoms with E-state index in [9.17, 15) is 0 Å². The first-order valence-corrected chi connectivity index (χ1v) is 7.57. The Morgan fingerprint density at radius 2 is 2.05 bits per heavy atom. The summed E-state index contributed by atoms with van der Waals surface area (Å²) >= 11 is 8.12. The number of likely N-dealkylation sites (N-methyl/N-ethyl adjacent to an activating group) is 1. The number of nitrogens with one attached hydrogen (secondary N) is 1. The third-order valence-corrected chi connectivity index (χ3v) is 4.75. The Morgan fingerprint density at radius 1 is 1.32 bits per heavy atom. The molecule has 19 heavy (non-hydrogen) atoms. The van der Waals surface area contributed by atoms with Crippen LogP contribution >= 0.6 is 22.9 Å². The topological polar surface area (TPSA) is 24.9 Å². The SMILES string of the molecule is CNC(Cc1nc(C)c(C)s1)c1ccc(C)cc1Cl. The number of aryl methyl sites for hydroxylation is 3. The molecule has 2 rings (SSSR count). The van der Waals surface area contributed by atoms with E-state index in [1.807, 2.05) is 13.1 Å². The number of aromatic nitrogens is 1. The van der Waals surface area contributed by atoms with Gasteiger partial charge in [0.15, 0.2) is 0 Å². The fraction of sp³-hybridized carbons (Fsp3) is 0.400. The molecule has 1 N–H and O–H groups in total. The summed E-state index contributed by atoms with van der Waals surface area (Å²) in [4.78, 5) is 5.90. The van der Waals surface area contributed by atoms with Crippen LogP contribution in [0.15, 0.2) is 18.2 Å². The summed E-state index contributed by atoms with van der Waals surface area (Å²) in [5.41, 5.74) is 3.45. The van der Waals surface area contributed by atoms with Crippen LogP contribution in [0.25, 0.3) is 0 Å². The lowest BCUT2D eigenvalue weighted by molar-refractivity contribution is 0.590. The molecule has 0 bridgehead atoms. The number of nitrogens with zero attached hydrogens (tertiary/aromatic N) is 1. The van der Waals surface area contributed by atoms with Gasteiger partial charge in [-0.2, -0.15) is 0 Å². The summed E-state index contributed by atoms with van der Waals surface area (Å²) in [6.07, 6.45) is 0.874. The lowest BCUT2D eigenvalue weighted by Gasteiger charge is -2.17. The van der Waals surface area contributed by atoms with Gasteiger partial charge < -0.3 is 5.32 Å². The summed E-state index contributed by atoms with van der Waals surface area (Å²) in [5, 5.41) is 5.32. The van der Waals surface area contributed by atoms with E-state index in [2.05, 4.69) is 43.2 Å². The van der Waals surface area contributed by atoms with Gasteiger partial charge in [0.2, 0.25) is 0 Å². The maximum Gasteiger partial charge on any atom is 0.0949 e. The van der Waals surface area contributed by atoms with E-state index in [1.165, 1.54) is 10.4 Å². The first kappa shape index (κ1) is 14.5. The van der Waals surface area contributed by atoms with Crippen LogP contribution in [0.4, 0.5) is 0 Å². The highest BCUT2D eigenvalue weighted by molar-refractivity contribution is 7.11. The number of halogens is 1. The number of hydrogen-bond donors (Lipinski definition) is 1. The number of benzene rings is 1. The summed E-state index contributed by atoms with van der Waals surface area (Å²) < 4.78 is 0.